The van der Waals surface area contributed by atoms with Crippen molar-refractivity contribution in [3.05, 3.63) is 24.3 Å². The van der Waals surface area contributed by atoms with E-state index in [1.54, 1.807) is 0 Å². The predicted octanol–water partition coefficient (Wildman–Crippen LogP) is 2.84. The maximum Gasteiger partial charge on any atom is 0.123 e. The van der Waals surface area contributed by atoms with Gasteiger partial charge >= 0.3 is 0 Å². The molecule has 1 aromatic carbocycles. The molecule has 0 radical (unpaired) electrons. The topological polar surface area (TPSA) is 44.5 Å². The molecule has 3 heteroatoms. The van der Waals surface area contributed by atoms with E-state index in [0.29, 0.717) is 13.2 Å². The van der Waals surface area contributed by atoms with Crippen molar-refractivity contribution >= 4 is 0 Å². The zero-order valence-electron chi connectivity index (χ0n) is 11.2. The molecule has 1 unspecified atom stereocenters. The van der Waals surface area contributed by atoms with E-state index >= 15 is 0 Å². The summed E-state index contributed by atoms with van der Waals surface area (Å²) < 4.78 is 11.1. The molecule has 0 aliphatic carbocycles. The third-order valence-corrected chi connectivity index (χ3v) is 2.66. The standard InChI is InChI=1S/C14H23NO2/c1-5-16-11-7-6-8-12(9-11)17-10-13(15)14(2,3)4/h6-9,13H,5,10,15H2,1-4H3. The highest BCUT2D eigenvalue weighted by atomic mass is 16.5. The van der Waals surface area contributed by atoms with Crippen LogP contribution in [0.3, 0.4) is 0 Å². The number of nitrogens with two attached hydrogens (primary N) is 1. The predicted molar refractivity (Wildman–Crippen MR) is 70.5 cm³/mol. The Bertz CT molecular complexity index is 344. The molecule has 96 valence electrons. The van der Waals surface area contributed by atoms with Crippen molar-refractivity contribution in [3.8, 4) is 11.5 Å². The van der Waals surface area contributed by atoms with E-state index < -0.39 is 0 Å². The zero-order valence-corrected chi connectivity index (χ0v) is 11.2. The fraction of sp³-hybridized carbons (Fsp3) is 0.571. The molecule has 0 spiro atoms. The Labute approximate surface area is 104 Å². The number of ether oxygens (including phenoxy) is 2. The maximum absolute atomic E-state index is 6.04. The van der Waals surface area contributed by atoms with Crippen molar-refractivity contribution in [1.82, 2.24) is 0 Å². The van der Waals surface area contributed by atoms with Crippen LogP contribution in [0.4, 0.5) is 0 Å². The van der Waals surface area contributed by atoms with Gasteiger partial charge in [-0.2, -0.15) is 0 Å². The van der Waals surface area contributed by atoms with Gasteiger partial charge in [-0.25, -0.2) is 0 Å². The van der Waals surface area contributed by atoms with Crippen molar-refractivity contribution in [2.75, 3.05) is 13.2 Å². The lowest BCUT2D eigenvalue weighted by atomic mass is 9.88. The summed E-state index contributed by atoms with van der Waals surface area (Å²) in [6, 6.07) is 7.65. The highest BCUT2D eigenvalue weighted by Crippen LogP contribution is 2.22. The molecule has 0 heterocycles. The quantitative estimate of drug-likeness (QED) is 0.856. The summed E-state index contributed by atoms with van der Waals surface area (Å²) in [5.41, 5.74) is 6.09. The van der Waals surface area contributed by atoms with Crippen LogP contribution in [0.1, 0.15) is 27.7 Å². The molecule has 0 fully saturated rings. The van der Waals surface area contributed by atoms with Crippen LogP contribution in [0.15, 0.2) is 24.3 Å². The van der Waals surface area contributed by atoms with Gasteiger partial charge < -0.3 is 15.2 Å². The summed E-state index contributed by atoms with van der Waals surface area (Å²) in [6.45, 7) is 9.46. The molecule has 0 aromatic heterocycles. The minimum atomic E-state index is 0.0123. The van der Waals surface area contributed by atoms with E-state index in [4.69, 9.17) is 15.2 Å². The van der Waals surface area contributed by atoms with E-state index in [9.17, 15) is 0 Å². The van der Waals surface area contributed by atoms with Crippen LogP contribution in [-0.2, 0) is 0 Å². The Morgan fingerprint density at radius 3 is 2.29 bits per heavy atom. The van der Waals surface area contributed by atoms with E-state index in [2.05, 4.69) is 20.8 Å². The average molecular weight is 237 g/mol. The summed E-state index contributed by atoms with van der Waals surface area (Å²) in [5.74, 6) is 1.63. The van der Waals surface area contributed by atoms with Crippen molar-refractivity contribution in [3.63, 3.8) is 0 Å². The Hall–Kier alpha value is -1.22. The second-order valence-electron chi connectivity index (χ2n) is 5.19. The van der Waals surface area contributed by atoms with Crippen LogP contribution in [0.5, 0.6) is 11.5 Å². The molecule has 0 amide bonds. The molecule has 17 heavy (non-hydrogen) atoms. The van der Waals surface area contributed by atoms with Gasteiger partial charge in [-0.15, -0.1) is 0 Å². The third kappa shape index (κ3) is 4.65. The molecular formula is C14H23NO2. The first-order valence-electron chi connectivity index (χ1n) is 6.04. The van der Waals surface area contributed by atoms with E-state index in [1.165, 1.54) is 0 Å². The van der Waals surface area contributed by atoms with Gasteiger partial charge in [0, 0.05) is 12.1 Å². The Morgan fingerprint density at radius 1 is 1.18 bits per heavy atom. The first kappa shape index (κ1) is 13.8. The molecule has 0 saturated heterocycles. The van der Waals surface area contributed by atoms with E-state index in [1.807, 2.05) is 31.2 Å². The molecule has 1 rings (SSSR count). The molecule has 3 nitrogen and oxygen atoms in total. The summed E-state index contributed by atoms with van der Waals surface area (Å²) >= 11 is 0. The second-order valence-corrected chi connectivity index (χ2v) is 5.19. The lowest BCUT2D eigenvalue weighted by Gasteiger charge is -2.26. The zero-order chi connectivity index (χ0) is 12.9. The van der Waals surface area contributed by atoms with Crippen LogP contribution in [0.25, 0.3) is 0 Å². The smallest absolute Gasteiger partial charge is 0.123 e. The normalized spacial score (nSPS) is 13.2. The van der Waals surface area contributed by atoms with Crippen LogP contribution in [0, 0.1) is 5.41 Å². The number of rotatable bonds is 5. The molecule has 0 aliphatic rings. The highest BCUT2D eigenvalue weighted by Gasteiger charge is 2.21. The van der Waals surface area contributed by atoms with Gasteiger partial charge in [0.05, 0.1) is 6.61 Å². The monoisotopic (exact) mass is 237 g/mol. The molecule has 0 bridgehead atoms. The van der Waals surface area contributed by atoms with Gasteiger partial charge in [0.25, 0.3) is 0 Å². The number of hydrogen-bond acceptors (Lipinski definition) is 3. The summed E-state index contributed by atoms with van der Waals surface area (Å²) in [5, 5.41) is 0. The first-order valence-corrected chi connectivity index (χ1v) is 6.04. The minimum absolute atomic E-state index is 0.0123. The number of benzene rings is 1. The van der Waals surface area contributed by atoms with Gasteiger partial charge in [0.1, 0.15) is 18.1 Å². The fourth-order valence-corrected chi connectivity index (χ4v) is 1.26. The van der Waals surface area contributed by atoms with Crippen molar-refractivity contribution in [1.29, 1.82) is 0 Å². The van der Waals surface area contributed by atoms with Crippen LogP contribution < -0.4 is 15.2 Å². The largest absolute Gasteiger partial charge is 0.494 e. The second kappa shape index (κ2) is 5.92. The minimum Gasteiger partial charge on any atom is -0.494 e. The molecule has 0 saturated carbocycles. The van der Waals surface area contributed by atoms with Crippen molar-refractivity contribution < 1.29 is 9.47 Å². The SMILES string of the molecule is CCOc1cccc(OCC(N)C(C)(C)C)c1. The maximum atomic E-state index is 6.04. The van der Waals surface area contributed by atoms with Crippen LogP contribution >= 0.6 is 0 Å². The van der Waals surface area contributed by atoms with E-state index in [0.717, 1.165) is 11.5 Å². The lowest BCUT2D eigenvalue weighted by Crippen LogP contribution is -2.40. The summed E-state index contributed by atoms with van der Waals surface area (Å²) in [4.78, 5) is 0. The Morgan fingerprint density at radius 2 is 1.76 bits per heavy atom. The molecule has 1 aromatic rings. The average Bonchev–Trinajstić information content (AvgIpc) is 2.25. The van der Waals surface area contributed by atoms with E-state index in [-0.39, 0.29) is 11.5 Å². The summed E-state index contributed by atoms with van der Waals surface area (Å²) in [6.07, 6.45) is 0. The highest BCUT2D eigenvalue weighted by molar-refractivity contribution is 5.32. The fourth-order valence-electron chi connectivity index (χ4n) is 1.26. The molecule has 1 atom stereocenters. The van der Waals surface area contributed by atoms with Gasteiger partial charge in [0.2, 0.25) is 0 Å². The van der Waals surface area contributed by atoms with Crippen molar-refractivity contribution in [2.24, 2.45) is 11.1 Å². The van der Waals surface area contributed by atoms with Crippen LogP contribution in [-0.4, -0.2) is 19.3 Å². The van der Waals surface area contributed by atoms with Gasteiger partial charge in [-0.1, -0.05) is 26.8 Å². The third-order valence-electron chi connectivity index (χ3n) is 2.66. The Balaban J connectivity index is 2.54. The Kier molecular flexibility index (Phi) is 4.82. The van der Waals surface area contributed by atoms with Gasteiger partial charge in [-0.05, 0) is 24.5 Å². The molecule has 0 aliphatic heterocycles. The van der Waals surface area contributed by atoms with Crippen molar-refractivity contribution in [2.45, 2.75) is 33.7 Å². The first-order chi connectivity index (χ1) is 7.93. The molecule has 2 N–H and O–H groups in total. The lowest BCUT2D eigenvalue weighted by molar-refractivity contribution is 0.205. The van der Waals surface area contributed by atoms with Gasteiger partial charge in [0.15, 0.2) is 0 Å². The number of hydrogen-bond donors (Lipinski definition) is 1. The molecular weight excluding hydrogens is 214 g/mol. The summed E-state index contributed by atoms with van der Waals surface area (Å²) in [7, 11) is 0. The van der Waals surface area contributed by atoms with Gasteiger partial charge in [-0.3, -0.25) is 0 Å². The van der Waals surface area contributed by atoms with Crippen LogP contribution in [0.2, 0.25) is 0 Å².